The molecule has 1 saturated heterocycles. The molecule has 4 heteroatoms. The van der Waals surface area contributed by atoms with Gasteiger partial charge in [-0.05, 0) is 18.4 Å². The molecule has 4 nitrogen and oxygen atoms in total. The van der Waals surface area contributed by atoms with E-state index in [-0.39, 0.29) is 18.5 Å². The third-order valence-corrected chi connectivity index (χ3v) is 2.74. The summed E-state index contributed by atoms with van der Waals surface area (Å²) in [6.45, 7) is 0.256. The van der Waals surface area contributed by atoms with Crippen LogP contribution in [0.15, 0.2) is 30.3 Å². The van der Waals surface area contributed by atoms with Gasteiger partial charge in [-0.1, -0.05) is 30.3 Å². The minimum Gasteiger partial charge on any atom is -0.459 e. The lowest BCUT2D eigenvalue weighted by atomic mass is 10.0. The van der Waals surface area contributed by atoms with Crippen LogP contribution < -0.4 is 5.32 Å². The maximum Gasteiger partial charge on any atom is 0.328 e. The summed E-state index contributed by atoms with van der Waals surface area (Å²) in [5, 5.41) is 2.64. The van der Waals surface area contributed by atoms with E-state index in [1.807, 2.05) is 30.3 Å². The zero-order valence-corrected chi connectivity index (χ0v) is 9.52. The van der Waals surface area contributed by atoms with Gasteiger partial charge in [-0.3, -0.25) is 4.79 Å². The predicted octanol–water partition coefficient (Wildman–Crippen LogP) is 1.40. The Balaban J connectivity index is 1.83. The van der Waals surface area contributed by atoms with Crippen molar-refractivity contribution in [3.05, 3.63) is 35.9 Å². The Morgan fingerprint density at radius 3 is 2.82 bits per heavy atom. The highest BCUT2D eigenvalue weighted by molar-refractivity contribution is 5.85. The van der Waals surface area contributed by atoms with E-state index in [0.29, 0.717) is 12.8 Å². The topological polar surface area (TPSA) is 55.4 Å². The first-order valence-electron chi connectivity index (χ1n) is 5.75. The lowest BCUT2D eigenvalue weighted by Crippen LogP contribution is -2.44. The smallest absolute Gasteiger partial charge is 0.328 e. The number of nitrogens with one attached hydrogen (secondary N) is 1. The second-order valence-electron chi connectivity index (χ2n) is 4.11. The molecule has 90 valence electrons. The summed E-state index contributed by atoms with van der Waals surface area (Å²) < 4.78 is 5.16. The molecule has 1 aromatic rings. The van der Waals surface area contributed by atoms with Gasteiger partial charge in [0.05, 0.1) is 0 Å². The van der Waals surface area contributed by atoms with Gasteiger partial charge in [-0.15, -0.1) is 0 Å². The van der Waals surface area contributed by atoms with Crippen LogP contribution in [0.2, 0.25) is 0 Å². The van der Waals surface area contributed by atoms with Crippen molar-refractivity contribution in [2.75, 3.05) is 0 Å². The molecule has 0 radical (unpaired) electrons. The molecule has 0 spiro atoms. The highest BCUT2D eigenvalue weighted by Crippen LogP contribution is 2.10. The molecule has 1 fully saturated rings. The molecule has 17 heavy (non-hydrogen) atoms. The molecule has 0 saturated carbocycles. The summed E-state index contributed by atoms with van der Waals surface area (Å²) in [6, 6.07) is 9.02. The Labute approximate surface area is 100.0 Å². The van der Waals surface area contributed by atoms with Gasteiger partial charge in [-0.2, -0.15) is 0 Å². The fraction of sp³-hybridized carbons (Fsp3) is 0.385. The summed E-state index contributed by atoms with van der Waals surface area (Å²) in [5.41, 5.74) is 0.947. The van der Waals surface area contributed by atoms with Crippen LogP contribution in [0, 0.1) is 0 Å². The zero-order valence-electron chi connectivity index (χ0n) is 9.52. The molecule has 1 amide bonds. The molecule has 1 N–H and O–H groups in total. The molecule has 0 unspecified atom stereocenters. The minimum absolute atomic E-state index is 0.0714. The Kier molecular flexibility index (Phi) is 3.75. The van der Waals surface area contributed by atoms with Crippen molar-refractivity contribution >= 4 is 11.9 Å². The van der Waals surface area contributed by atoms with Gasteiger partial charge >= 0.3 is 5.97 Å². The third kappa shape index (κ3) is 3.31. The van der Waals surface area contributed by atoms with E-state index in [1.54, 1.807) is 0 Å². The van der Waals surface area contributed by atoms with Crippen molar-refractivity contribution in [1.82, 2.24) is 5.32 Å². The highest BCUT2D eigenvalue weighted by Gasteiger charge is 2.25. The summed E-state index contributed by atoms with van der Waals surface area (Å²) in [7, 11) is 0. The van der Waals surface area contributed by atoms with Crippen LogP contribution in [0.1, 0.15) is 24.8 Å². The maximum atomic E-state index is 11.7. The summed E-state index contributed by atoms with van der Waals surface area (Å²) in [4.78, 5) is 22.8. The molecular formula is C13H15NO3. The normalized spacial score (nSPS) is 19.5. The van der Waals surface area contributed by atoms with E-state index in [4.69, 9.17) is 4.74 Å². The van der Waals surface area contributed by atoms with Crippen LogP contribution in [0.4, 0.5) is 0 Å². The first-order valence-corrected chi connectivity index (χ1v) is 5.75. The van der Waals surface area contributed by atoms with Crippen LogP contribution in [-0.2, 0) is 20.9 Å². The van der Waals surface area contributed by atoms with Crippen molar-refractivity contribution in [2.24, 2.45) is 0 Å². The van der Waals surface area contributed by atoms with E-state index >= 15 is 0 Å². The number of carbonyl (C=O) groups is 2. The number of esters is 1. The molecule has 0 aliphatic carbocycles. The van der Waals surface area contributed by atoms with Crippen molar-refractivity contribution in [2.45, 2.75) is 31.9 Å². The van der Waals surface area contributed by atoms with Crippen LogP contribution in [-0.4, -0.2) is 17.9 Å². The first kappa shape index (κ1) is 11.6. The van der Waals surface area contributed by atoms with E-state index < -0.39 is 6.04 Å². The Hall–Kier alpha value is -1.84. The summed E-state index contributed by atoms with van der Waals surface area (Å²) >= 11 is 0. The first-order chi connectivity index (χ1) is 8.25. The number of hydrogen-bond acceptors (Lipinski definition) is 3. The Bertz CT molecular complexity index is 402. The van der Waals surface area contributed by atoms with E-state index in [9.17, 15) is 9.59 Å². The molecular weight excluding hydrogens is 218 g/mol. The molecule has 0 bridgehead atoms. The van der Waals surface area contributed by atoms with Gasteiger partial charge in [0.1, 0.15) is 12.6 Å². The van der Waals surface area contributed by atoms with Gasteiger partial charge < -0.3 is 10.1 Å². The largest absolute Gasteiger partial charge is 0.459 e. The number of carbonyl (C=O) groups excluding carboxylic acids is 2. The fourth-order valence-electron chi connectivity index (χ4n) is 1.81. The van der Waals surface area contributed by atoms with Crippen molar-refractivity contribution in [3.63, 3.8) is 0 Å². The lowest BCUT2D eigenvalue weighted by molar-refractivity contribution is -0.150. The number of ether oxygens (including phenoxy) is 1. The van der Waals surface area contributed by atoms with Crippen LogP contribution in [0.25, 0.3) is 0 Å². The van der Waals surface area contributed by atoms with Gasteiger partial charge in [-0.25, -0.2) is 4.79 Å². The average molecular weight is 233 g/mol. The molecule has 2 rings (SSSR count). The summed E-state index contributed by atoms with van der Waals surface area (Å²) in [6.07, 6.45) is 1.92. The molecule has 1 aromatic carbocycles. The molecule has 1 atom stereocenters. The molecule has 1 aliphatic heterocycles. The minimum atomic E-state index is -0.472. The second kappa shape index (κ2) is 5.48. The lowest BCUT2D eigenvalue weighted by Gasteiger charge is -2.21. The van der Waals surface area contributed by atoms with E-state index in [1.165, 1.54) is 0 Å². The van der Waals surface area contributed by atoms with Crippen molar-refractivity contribution < 1.29 is 14.3 Å². The highest BCUT2D eigenvalue weighted by atomic mass is 16.5. The monoisotopic (exact) mass is 233 g/mol. The quantitative estimate of drug-likeness (QED) is 0.803. The maximum absolute atomic E-state index is 11.7. The fourth-order valence-corrected chi connectivity index (χ4v) is 1.81. The number of piperidine rings is 1. The standard InChI is InChI=1S/C13H15NO3/c15-12-8-4-7-11(14-12)13(16)17-9-10-5-2-1-3-6-10/h1-3,5-6,11H,4,7-9H2,(H,14,15)/t11-/m0/s1. The zero-order chi connectivity index (χ0) is 12.1. The Morgan fingerprint density at radius 1 is 1.35 bits per heavy atom. The van der Waals surface area contributed by atoms with Gasteiger partial charge in [0.25, 0.3) is 0 Å². The Morgan fingerprint density at radius 2 is 2.12 bits per heavy atom. The van der Waals surface area contributed by atoms with Crippen LogP contribution in [0.3, 0.4) is 0 Å². The second-order valence-corrected chi connectivity index (χ2v) is 4.11. The molecule has 1 aliphatic rings. The molecule has 0 aromatic heterocycles. The summed E-state index contributed by atoms with van der Waals surface area (Å²) in [5.74, 6) is -0.417. The number of hydrogen-bond donors (Lipinski definition) is 1. The average Bonchev–Trinajstić information content (AvgIpc) is 2.37. The number of rotatable bonds is 3. The molecule has 1 heterocycles. The predicted molar refractivity (Wildman–Crippen MR) is 62.0 cm³/mol. The SMILES string of the molecule is O=C1CCC[C@@H](C(=O)OCc2ccccc2)N1. The van der Waals surface area contributed by atoms with Crippen LogP contribution in [0.5, 0.6) is 0 Å². The number of amides is 1. The van der Waals surface area contributed by atoms with Gasteiger partial charge in [0, 0.05) is 6.42 Å². The van der Waals surface area contributed by atoms with Crippen molar-refractivity contribution in [3.8, 4) is 0 Å². The van der Waals surface area contributed by atoms with Crippen LogP contribution >= 0.6 is 0 Å². The van der Waals surface area contributed by atoms with Gasteiger partial charge in [0.15, 0.2) is 0 Å². The van der Waals surface area contributed by atoms with E-state index in [0.717, 1.165) is 12.0 Å². The van der Waals surface area contributed by atoms with Crippen molar-refractivity contribution in [1.29, 1.82) is 0 Å². The van der Waals surface area contributed by atoms with E-state index in [2.05, 4.69) is 5.32 Å². The van der Waals surface area contributed by atoms with Gasteiger partial charge in [0.2, 0.25) is 5.91 Å². The number of benzene rings is 1. The third-order valence-electron chi connectivity index (χ3n) is 2.74.